The van der Waals surface area contributed by atoms with Crippen LogP contribution in [-0.2, 0) is 14.1 Å². The average molecular weight is 360 g/mol. The number of amides is 1. The first-order chi connectivity index (χ1) is 12.2. The number of nitrogens with one attached hydrogen (secondary N) is 1. The number of rotatable bonds is 4. The fraction of sp³-hybridized carbons (Fsp3) is 0.722. The fourth-order valence-electron chi connectivity index (χ4n) is 3.28. The van der Waals surface area contributed by atoms with Crippen molar-refractivity contribution < 1.29 is 14.1 Å². The summed E-state index contributed by atoms with van der Waals surface area (Å²) in [5.74, 6) is 1.17. The van der Waals surface area contributed by atoms with Crippen molar-refractivity contribution in [3.63, 3.8) is 0 Å². The molecule has 26 heavy (non-hydrogen) atoms. The molecule has 3 rings (SSSR count). The molecule has 2 aliphatic heterocycles. The molecule has 0 spiro atoms. The molecule has 0 saturated carbocycles. The van der Waals surface area contributed by atoms with Crippen LogP contribution in [0.2, 0.25) is 0 Å². The lowest BCUT2D eigenvalue weighted by atomic mass is 9.81. The van der Waals surface area contributed by atoms with Crippen molar-refractivity contribution in [2.75, 3.05) is 25.0 Å². The van der Waals surface area contributed by atoms with Crippen LogP contribution in [0.5, 0.6) is 0 Å². The number of carbonyl (C=O) groups is 1. The summed E-state index contributed by atoms with van der Waals surface area (Å²) in [5, 5.41) is 3.28. The van der Waals surface area contributed by atoms with Gasteiger partial charge < -0.3 is 19.5 Å². The summed E-state index contributed by atoms with van der Waals surface area (Å²) in [7, 11) is -0.448. The Bertz CT molecular complexity index is 634. The van der Waals surface area contributed by atoms with Gasteiger partial charge >= 0.3 is 7.12 Å². The van der Waals surface area contributed by atoms with Crippen LogP contribution in [0.3, 0.4) is 0 Å². The molecular weight excluding hydrogens is 331 g/mol. The fourth-order valence-corrected chi connectivity index (χ4v) is 3.28. The van der Waals surface area contributed by atoms with Gasteiger partial charge in [-0.1, -0.05) is 0 Å². The first kappa shape index (κ1) is 19.1. The van der Waals surface area contributed by atoms with Gasteiger partial charge in [0.05, 0.1) is 11.2 Å². The summed E-state index contributed by atoms with van der Waals surface area (Å²) in [6.45, 7) is 12.2. The molecular formula is C18H29BN4O3. The van der Waals surface area contributed by atoms with Crippen LogP contribution in [0.1, 0.15) is 47.5 Å². The highest BCUT2D eigenvalue weighted by Gasteiger charge is 2.51. The molecule has 2 saturated heterocycles. The lowest BCUT2D eigenvalue weighted by Crippen LogP contribution is -2.41. The van der Waals surface area contributed by atoms with Gasteiger partial charge in [0, 0.05) is 44.4 Å². The van der Waals surface area contributed by atoms with E-state index >= 15 is 0 Å². The van der Waals surface area contributed by atoms with Crippen LogP contribution in [0.25, 0.3) is 0 Å². The summed E-state index contributed by atoms with van der Waals surface area (Å²) in [4.78, 5) is 22.2. The second kappa shape index (κ2) is 7.16. The van der Waals surface area contributed by atoms with Crippen LogP contribution >= 0.6 is 0 Å². The predicted octanol–water partition coefficient (Wildman–Crippen LogP) is 1.45. The largest absolute Gasteiger partial charge is 0.498 e. The van der Waals surface area contributed by atoms with Gasteiger partial charge in [-0.15, -0.1) is 0 Å². The Morgan fingerprint density at radius 2 is 1.88 bits per heavy atom. The summed E-state index contributed by atoms with van der Waals surface area (Å²) in [6.07, 6.45) is 5.66. The molecule has 3 heterocycles. The third kappa shape index (κ3) is 4.01. The lowest BCUT2D eigenvalue weighted by Gasteiger charge is -2.32. The SMILES string of the molecule is CC(=O)N1CCC[C@H](CNc2ncc(B3OC(C)(C)C(C)(C)O3)cn2)C1. The minimum absolute atomic E-state index is 0.151. The minimum atomic E-state index is -0.448. The maximum absolute atomic E-state index is 11.5. The summed E-state index contributed by atoms with van der Waals surface area (Å²) >= 11 is 0. The van der Waals surface area contributed by atoms with Crippen molar-refractivity contribution in [3.8, 4) is 0 Å². The van der Waals surface area contributed by atoms with Crippen LogP contribution < -0.4 is 10.8 Å². The standard InChI is InChI=1S/C18H29BN4O3/c1-13(24)23-8-6-7-14(12-23)9-20-16-21-10-15(11-22-16)19-25-17(2,3)18(4,5)26-19/h10-11,14H,6-9,12H2,1-5H3,(H,20,21,22)/t14-/m1/s1. The highest BCUT2D eigenvalue weighted by molar-refractivity contribution is 6.61. The molecule has 2 aliphatic rings. The number of nitrogens with zero attached hydrogens (tertiary/aromatic N) is 3. The monoisotopic (exact) mass is 360 g/mol. The number of piperidine rings is 1. The number of likely N-dealkylation sites (tertiary alicyclic amines) is 1. The van der Waals surface area contributed by atoms with E-state index in [9.17, 15) is 4.79 Å². The average Bonchev–Trinajstić information content (AvgIpc) is 2.81. The molecule has 1 aromatic heterocycles. The number of hydrogen-bond donors (Lipinski definition) is 1. The zero-order chi connectivity index (χ0) is 18.9. The quantitative estimate of drug-likeness (QED) is 0.819. The summed E-state index contributed by atoms with van der Waals surface area (Å²) in [6, 6.07) is 0. The minimum Gasteiger partial charge on any atom is -0.399 e. The van der Waals surface area contributed by atoms with Gasteiger partial charge in [0.2, 0.25) is 11.9 Å². The van der Waals surface area contributed by atoms with Gasteiger partial charge in [0.15, 0.2) is 0 Å². The van der Waals surface area contributed by atoms with E-state index in [0.717, 1.165) is 37.9 Å². The second-order valence-corrected chi connectivity index (χ2v) is 8.28. The van der Waals surface area contributed by atoms with Gasteiger partial charge in [-0.05, 0) is 46.5 Å². The molecule has 0 unspecified atom stereocenters. The van der Waals surface area contributed by atoms with Crippen LogP contribution in [-0.4, -0.2) is 58.7 Å². The second-order valence-electron chi connectivity index (χ2n) is 8.28. The Kier molecular flexibility index (Phi) is 5.26. The Labute approximate surface area is 156 Å². The molecule has 1 atom stereocenters. The molecule has 1 aromatic rings. The highest BCUT2D eigenvalue weighted by atomic mass is 16.7. The number of carbonyl (C=O) groups excluding carboxylic acids is 1. The van der Waals surface area contributed by atoms with Crippen LogP contribution in [0, 0.1) is 5.92 Å². The molecule has 0 aliphatic carbocycles. The van der Waals surface area contributed by atoms with Crippen molar-refractivity contribution in [3.05, 3.63) is 12.4 Å². The molecule has 2 fully saturated rings. The van der Waals surface area contributed by atoms with E-state index in [1.165, 1.54) is 0 Å². The van der Waals surface area contributed by atoms with Crippen LogP contribution in [0.4, 0.5) is 5.95 Å². The molecule has 142 valence electrons. The Morgan fingerprint density at radius 1 is 1.27 bits per heavy atom. The Morgan fingerprint density at radius 3 is 2.46 bits per heavy atom. The van der Waals surface area contributed by atoms with Crippen molar-refractivity contribution in [1.82, 2.24) is 14.9 Å². The molecule has 0 radical (unpaired) electrons. The van der Waals surface area contributed by atoms with Crippen molar-refractivity contribution in [2.24, 2.45) is 5.92 Å². The molecule has 8 heteroatoms. The van der Waals surface area contributed by atoms with E-state index in [-0.39, 0.29) is 17.1 Å². The van der Waals surface area contributed by atoms with E-state index in [4.69, 9.17) is 9.31 Å². The Balaban J connectivity index is 1.55. The van der Waals surface area contributed by atoms with Crippen molar-refractivity contribution in [1.29, 1.82) is 0 Å². The smallest absolute Gasteiger partial charge is 0.399 e. The molecule has 7 nitrogen and oxygen atoms in total. The predicted molar refractivity (Wildman–Crippen MR) is 101 cm³/mol. The number of aromatic nitrogens is 2. The third-order valence-electron chi connectivity index (χ3n) is 5.71. The van der Waals surface area contributed by atoms with Gasteiger partial charge in [0.1, 0.15) is 0 Å². The van der Waals surface area contributed by atoms with Gasteiger partial charge in [-0.2, -0.15) is 0 Å². The summed E-state index contributed by atoms with van der Waals surface area (Å²) in [5.41, 5.74) is 0.0608. The van der Waals surface area contributed by atoms with E-state index in [1.807, 2.05) is 32.6 Å². The highest BCUT2D eigenvalue weighted by Crippen LogP contribution is 2.36. The molecule has 0 aromatic carbocycles. The van der Waals surface area contributed by atoms with E-state index in [1.54, 1.807) is 19.3 Å². The van der Waals surface area contributed by atoms with Gasteiger partial charge in [-0.25, -0.2) is 9.97 Å². The molecule has 1 amide bonds. The van der Waals surface area contributed by atoms with Crippen molar-refractivity contribution >= 4 is 24.4 Å². The van der Waals surface area contributed by atoms with E-state index in [0.29, 0.717) is 11.9 Å². The topological polar surface area (TPSA) is 76.6 Å². The number of hydrogen-bond acceptors (Lipinski definition) is 6. The third-order valence-corrected chi connectivity index (χ3v) is 5.71. The van der Waals surface area contributed by atoms with Crippen molar-refractivity contribution in [2.45, 2.75) is 58.7 Å². The van der Waals surface area contributed by atoms with Gasteiger partial charge in [0.25, 0.3) is 0 Å². The maximum Gasteiger partial charge on any atom is 0.498 e. The van der Waals surface area contributed by atoms with Gasteiger partial charge in [-0.3, -0.25) is 4.79 Å². The molecule has 1 N–H and O–H groups in total. The first-order valence-corrected chi connectivity index (χ1v) is 9.35. The Hall–Kier alpha value is -1.67. The zero-order valence-electron chi connectivity index (χ0n) is 16.4. The van der Waals surface area contributed by atoms with Crippen LogP contribution in [0.15, 0.2) is 12.4 Å². The lowest BCUT2D eigenvalue weighted by molar-refractivity contribution is -0.130. The van der Waals surface area contributed by atoms with E-state index in [2.05, 4.69) is 15.3 Å². The maximum atomic E-state index is 11.5. The van der Waals surface area contributed by atoms with E-state index < -0.39 is 7.12 Å². The number of anilines is 1. The zero-order valence-corrected chi connectivity index (χ0v) is 16.4. The molecule has 0 bridgehead atoms. The normalized spacial score (nSPS) is 24.6. The summed E-state index contributed by atoms with van der Waals surface area (Å²) < 4.78 is 12.0. The first-order valence-electron chi connectivity index (χ1n) is 9.35.